The Hall–Kier alpha value is -3.85. The zero-order valence-electron chi connectivity index (χ0n) is 25.7. The van der Waals surface area contributed by atoms with Crippen molar-refractivity contribution in [2.24, 2.45) is 4.99 Å². The summed E-state index contributed by atoms with van der Waals surface area (Å²) in [5, 5.41) is 0.937. The third-order valence-corrected chi connectivity index (χ3v) is 9.10. The first-order valence-electron chi connectivity index (χ1n) is 14.7. The highest BCUT2D eigenvalue weighted by Crippen LogP contribution is 2.33. The van der Waals surface area contributed by atoms with Crippen LogP contribution in [-0.4, -0.2) is 23.8 Å². The molecular weight excluding hydrogens is 631 g/mol. The van der Waals surface area contributed by atoms with E-state index in [4.69, 9.17) is 37.4 Å². The van der Waals surface area contributed by atoms with E-state index in [2.05, 4.69) is 18.8 Å². The lowest BCUT2D eigenvalue weighted by atomic mass is 9.93. The number of hydrogen-bond donors (Lipinski definition) is 0. The summed E-state index contributed by atoms with van der Waals surface area (Å²) in [5.74, 6) is 0.963. The van der Waals surface area contributed by atoms with E-state index in [9.17, 15) is 9.59 Å². The maximum atomic E-state index is 14.0. The predicted molar refractivity (Wildman–Crippen MR) is 179 cm³/mol. The summed E-state index contributed by atoms with van der Waals surface area (Å²) in [4.78, 5) is 32.4. The van der Waals surface area contributed by atoms with Crippen molar-refractivity contribution in [2.45, 2.75) is 53.2 Å². The van der Waals surface area contributed by atoms with Crippen LogP contribution in [-0.2, 0) is 16.1 Å². The maximum absolute atomic E-state index is 14.0. The number of carbonyl (C=O) groups excluding carboxylic acids is 1. The van der Waals surface area contributed by atoms with E-state index in [1.807, 2.05) is 55.5 Å². The van der Waals surface area contributed by atoms with Gasteiger partial charge in [-0.15, -0.1) is 0 Å². The van der Waals surface area contributed by atoms with Crippen molar-refractivity contribution < 1.29 is 19.0 Å². The van der Waals surface area contributed by atoms with Gasteiger partial charge in [-0.05, 0) is 79.3 Å². The number of halogens is 2. The third kappa shape index (κ3) is 7.03. The van der Waals surface area contributed by atoms with Crippen LogP contribution in [0.1, 0.15) is 68.8 Å². The highest BCUT2D eigenvalue weighted by atomic mass is 35.5. The molecule has 4 aromatic rings. The molecule has 234 valence electrons. The minimum absolute atomic E-state index is 0.217. The Morgan fingerprint density at radius 3 is 2.40 bits per heavy atom. The molecule has 1 atom stereocenters. The van der Waals surface area contributed by atoms with Gasteiger partial charge in [-0.25, -0.2) is 9.79 Å². The molecule has 0 unspecified atom stereocenters. The van der Waals surface area contributed by atoms with Crippen LogP contribution in [0.4, 0.5) is 0 Å². The van der Waals surface area contributed by atoms with Gasteiger partial charge in [0.1, 0.15) is 6.61 Å². The first kappa shape index (κ1) is 32.5. The summed E-state index contributed by atoms with van der Waals surface area (Å²) >= 11 is 13.5. The van der Waals surface area contributed by atoms with Crippen molar-refractivity contribution in [3.8, 4) is 11.5 Å². The predicted octanol–water partition coefficient (Wildman–Crippen LogP) is 7.21. The van der Waals surface area contributed by atoms with Crippen LogP contribution in [0.15, 0.2) is 81.7 Å². The number of aromatic nitrogens is 1. The summed E-state index contributed by atoms with van der Waals surface area (Å²) in [6, 6.07) is 18.2. The summed E-state index contributed by atoms with van der Waals surface area (Å²) in [5.41, 5.74) is 4.23. The van der Waals surface area contributed by atoms with Gasteiger partial charge in [0.05, 0.1) is 45.1 Å². The van der Waals surface area contributed by atoms with E-state index in [0.29, 0.717) is 54.7 Å². The lowest BCUT2D eigenvalue weighted by molar-refractivity contribution is -0.139. The number of esters is 1. The summed E-state index contributed by atoms with van der Waals surface area (Å²) in [6.07, 6.45) is 1.80. The van der Waals surface area contributed by atoms with Crippen LogP contribution in [0.2, 0.25) is 10.0 Å². The number of allylic oxidation sites excluding steroid dienone is 1. The first-order valence-corrected chi connectivity index (χ1v) is 16.3. The Morgan fingerprint density at radius 2 is 1.73 bits per heavy atom. The van der Waals surface area contributed by atoms with Gasteiger partial charge in [-0.3, -0.25) is 9.36 Å². The van der Waals surface area contributed by atoms with Gasteiger partial charge in [-0.2, -0.15) is 0 Å². The fraction of sp³-hybridized carbons (Fsp3) is 0.286. The molecule has 45 heavy (non-hydrogen) atoms. The lowest BCUT2D eigenvalue weighted by Gasteiger charge is -2.25. The van der Waals surface area contributed by atoms with Crippen molar-refractivity contribution >= 4 is 46.6 Å². The molecule has 3 aromatic carbocycles. The van der Waals surface area contributed by atoms with E-state index >= 15 is 0 Å². The van der Waals surface area contributed by atoms with Crippen LogP contribution >= 0.6 is 34.5 Å². The molecule has 0 aliphatic carbocycles. The van der Waals surface area contributed by atoms with Crippen molar-refractivity contribution in [3.05, 3.63) is 124 Å². The standard InChI is InChI=1S/C35H34Cl2N2O5S/c1-6-42-29-17-22(9-15-28(29)44-19-23-8-14-26(36)27(37)16-23)18-30-33(40)39-32(25-12-10-24(11-13-25)20(3)4)31(34(41)43-7-2)21(5)38-35(39)45-30/h8-18,20,32H,6-7,19H2,1-5H3/b30-18-/t32-/m0/s1. The van der Waals surface area contributed by atoms with Crippen molar-refractivity contribution in [2.75, 3.05) is 13.2 Å². The van der Waals surface area contributed by atoms with Crippen molar-refractivity contribution in [1.82, 2.24) is 4.57 Å². The second-order valence-corrected chi connectivity index (χ2v) is 12.6. The second kappa shape index (κ2) is 14.1. The third-order valence-electron chi connectivity index (χ3n) is 7.38. The average Bonchev–Trinajstić information content (AvgIpc) is 3.31. The van der Waals surface area contributed by atoms with Crippen molar-refractivity contribution in [3.63, 3.8) is 0 Å². The van der Waals surface area contributed by atoms with Gasteiger partial charge >= 0.3 is 5.97 Å². The van der Waals surface area contributed by atoms with Gasteiger partial charge in [0.15, 0.2) is 16.3 Å². The van der Waals surface area contributed by atoms with Crippen LogP contribution in [0.3, 0.4) is 0 Å². The van der Waals surface area contributed by atoms with E-state index in [0.717, 1.165) is 16.7 Å². The van der Waals surface area contributed by atoms with E-state index in [1.54, 1.807) is 36.6 Å². The van der Waals surface area contributed by atoms with E-state index in [1.165, 1.54) is 16.9 Å². The molecule has 2 heterocycles. The molecule has 0 radical (unpaired) electrons. The number of ether oxygens (including phenoxy) is 3. The average molecular weight is 666 g/mol. The van der Waals surface area contributed by atoms with E-state index in [-0.39, 0.29) is 18.8 Å². The number of nitrogens with zero attached hydrogens (tertiary/aromatic N) is 2. The summed E-state index contributed by atoms with van der Waals surface area (Å²) < 4.78 is 19.4. The number of rotatable bonds is 10. The molecule has 0 saturated carbocycles. The molecule has 0 spiro atoms. The zero-order chi connectivity index (χ0) is 32.2. The highest BCUT2D eigenvalue weighted by molar-refractivity contribution is 7.07. The monoisotopic (exact) mass is 664 g/mol. The second-order valence-electron chi connectivity index (χ2n) is 10.8. The number of carbonyl (C=O) groups is 1. The molecule has 0 saturated heterocycles. The van der Waals surface area contributed by atoms with Gasteiger partial charge in [0.25, 0.3) is 5.56 Å². The maximum Gasteiger partial charge on any atom is 0.338 e. The number of hydrogen-bond acceptors (Lipinski definition) is 7. The molecule has 0 amide bonds. The Kier molecular flexibility index (Phi) is 10.2. The van der Waals surface area contributed by atoms with Gasteiger partial charge in [0.2, 0.25) is 0 Å². The first-order chi connectivity index (χ1) is 21.6. The molecule has 0 bridgehead atoms. The Morgan fingerprint density at radius 1 is 0.978 bits per heavy atom. The molecular formula is C35H34Cl2N2O5S. The normalized spacial score (nSPS) is 14.8. The Bertz CT molecular complexity index is 1940. The molecule has 1 aromatic heterocycles. The molecule has 0 fully saturated rings. The molecule has 1 aliphatic heterocycles. The minimum atomic E-state index is -0.667. The fourth-order valence-corrected chi connectivity index (χ4v) is 6.48. The van der Waals surface area contributed by atoms with Crippen LogP contribution in [0.5, 0.6) is 11.5 Å². The number of benzene rings is 3. The van der Waals surface area contributed by atoms with E-state index < -0.39 is 12.0 Å². The molecule has 10 heteroatoms. The molecule has 7 nitrogen and oxygen atoms in total. The smallest absolute Gasteiger partial charge is 0.338 e. The quantitative estimate of drug-likeness (QED) is 0.168. The summed E-state index contributed by atoms with van der Waals surface area (Å²) in [6.45, 7) is 10.6. The van der Waals surface area contributed by atoms with Crippen molar-refractivity contribution in [1.29, 1.82) is 0 Å². The molecule has 5 rings (SSSR count). The summed E-state index contributed by atoms with van der Waals surface area (Å²) in [7, 11) is 0. The van der Waals surface area contributed by atoms with Crippen LogP contribution < -0.4 is 24.4 Å². The lowest BCUT2D eigenvalue weighted by Crippen LogP contribution is -2.39. The number of thiazole rings is 1. The zero-order valence-corrected chi connectivity index (χ0v) is 28.1. The number of fused-ring (bicyclic) bond motifs is 1. The molecule has 1 aliphatic rings. The van der Waals surface area contributed by atoms with Crippen LogP contribution in [0.25, 0.3) is 6.08 Å². The van der Waals surface area contributed by atoms with Gasteiger partial charge in [0, 0.05) is 0 Å². The van der Waals surface area contributed by atoms with Crippen LogP contribution in [0, 0.1) is 0 Å². The SMILES string of the molecule is CCOC(=O)C1=C(C)N=c2s/c(=C\c3ccc(OCc4ccc(Cl)c(Cl)c4)c(OCC)c3)c(=O)n2[C@H]1c1ccc(C(C)C)cc1. The van der Waals surface area contributed by atoms with Gasteiger partial charge < -0.3 is 14.2 Å². The highest BCUT2D eigenvalue weighted by Gasteiger charge is 2.33. The Labute approximate surface area is 276 Å². The Balaban J connectivity index is 1.54. The fourth-order valence-electron chi connectivity index (χ4n) is 5.11. The topological polar surface area (TPSA) is 79.1 Å². The minimum Gasteiger partial charge on any atom is -0.490 e. The van der Waals surface area contributed by atoms with Gasteiger partial charge in [-0.1, -0.05) is 84.8 Å². The largest absolute Gasteiger partial charge is 0.490 e. The molecule has 0 N–H and O–H groups in total.